The summed E-state index contributed by atoms with van der Waals surface area (Å²) in [6, 6.07) is 11.3. The maximum atomic E-state index is 12.0. The van der Waals surface area contributed by atoms with E-state index in [0.29, 0.717) is 16.9 Å². The van der Waals surface area contributed by atoms with E-state index in [2.05, 4.69) is 19.4 Å². The molecule has 0 spiro atoms. The summed E-state index contributed by atoms with van der Waals surface area (Å²) in [6.07, 6.45) is 0. The summed E-state index contributed by atoms with van der Waals surface area (Å²) in [4.78, 5) is 22.3. The molecule has 0 aliphatic carbocycles. The zero-order valence-corrected chi connectivity index (χ0v) is 12.5. The summed E-state index contributed by atoms with van der Waals surface area (Å²) in [5.41, 5.74) is 2.42. The van der Waals surface area contributed by atoms with Crippen molar-refractivity contribution in [3.05, 3.63) is 52.6 Å². The molecule has 0 radical (unpaired) electrons. The third-order valence-corrected chi connectivity index (χ3v) is 3.61. The first-order valence-electron chi connectivity index (χ1n) is 6.63. The molecule has 2 N–H and O–H groups in total. The summed E-state index contributed by atoms with van der Waals surface area (Å²) in [6.45, 7) is -0.0187. The van der Waals surface area contributed by atoms with Crippen LogP contribution in [0.15, 0.2) is 42.5 Å². The lowest BCUT2D eigenvalue weighted by molar-refractivity contribution is -0.384. The number of nitrogens with zero attached hydrogens (tertiary/aromatic N) is 3. The lowest BCUT2D eigenvalue weighted by atomic mass is 10.2. The Bertz CT molecular complexity index is 879. The molecule has 3 rings (SSSR count). The van der Waals surface area contributed by atoms with Crippen molar-refractivity contribution in [2.75, 3.05) is 17.2 Å². The first-order chi connectivity index (χ1) is 11.1. The van der Waals surface area contributed by atoms with E-state index in [0.717, 1.165) is 17.2 Å². The highest BCUT2D eigenvalue weighted by Gasteiger charge is 2.09. The summed E-state index contributed by atoms with van der Waals surface area (Å²) < 4.78 is 8.25. The number of aromatic nitrogens is 2. The Labute approximate surface area is 134 Å². The van der Waals surface area contributed by atoms with E-state index in [4.69, 9.17) is 0 Å². The number of non-ortho nitro benzene ring substituents is 1. The van der Waals surface area contributed by atoms with Crippen LogP contribution in [0.3, 0.4) is 0 Å². The van der Waals surface area contributed by atoms with Gasteiger partial charge in [0.25, 0.3) is 5.69 Å². The number of carbonyl (C=O) groups excluding carboxylic acids is 1. The Morgan fingerprint density at radius 1 is 1.22 bits per heavy atom. The molecule has 9 heteroatoms. The molecule has 23 heavy (non-hydrogen) atoms. The van der Waals surface area contributed by atoms with Gasteiger partial charge in [-0.3, -0.25) is 14.9 Å². The molecular formula is C14H11N5O3S. The van der Waals surface area contributed by atoms with Crippen molar-refractivity contribution in [2.45, 2.75) is 0 Å². The smallest absolute Gasteiger partial charge is 0.271 e. The number of anilines is 2. The molecule has 0 saturated carbocycles. The molecule has 0 unspecified atom stereocenters. The van der Waals surface area contributed by atoms with Crippen LogP contribution in [-0.4, -0.2) is 26.1 Å². The van der Waals surface area contributed by atoms with Gasteiger partial charge in [-0.2, -0.15) is 8.75 Å². The van der Waals surface area contributed by atoms with Crippen LogP contribution in [0.4, 0.5) is 17.1 Å². The van der Waals surface area contributed by atoms with E-state index in [1.54, 1.807) is 24.3 Å². The number of nitrogens with one attached hydrogen (secondary N) is 2. The third kappa shape index (κ3) is 3.40. The minimum atomic E-state index is -0.485. The second kappa shape index (κ2) is 6.36. The Morgan fingerprint density at radius 3 is 2.87 bits per heavy atom. The maximum Gasteiger partial charge on any atom is 0.271 e. The molecule has 1 heterocycles. The fourth-order valence-electron chi connectivity index (χ4n) is 2.01. The number of amides is 1. The summed E-state index contributed by atoms with van der Waals surface area (Å²) in [5, 5.41) is 16.3. The summed E-state index contributed by atoms with van der Waals surface area (Å²) >= 11 is 1.08. The Balaban J connectivity index is 1.65. The van der Waals surface area contributed by atoms with Gasteiger partial charge in [0.1, 0.15) is 11.0 Å². The molecule has 0 bridgehead atoms. The second-order valence-corrected chi connectivity index (χ2v) is 5.18. The van der Waals surface area contributed by atoms with E-state index < -0.39 is 4.92 Å². The van der Waals surface area contributed by atoms with Crippen LogP contribution in [0.5, 0.6) is 0 Å². The van der Waals surface area contributed by atoms with Gasteiger partial charge in [0.05, 0.1) is 28.9 Å². The Kier molecular flexibility index (Phi) is 4.11. The minimum absolute atomic E-state index is 0.0187. The van der Waals surface area contributed by atoms with Gasteiger partial charge < -0.3 is 10.6 Å². The summed E-state index contributed by atoms with van der Waals surface area (Å²) in [5.74, 6) is -0.281. The van der Waals surface area contributed by atoms with Crippen LogP contribution in [-0.2, 0) is 4.79 Å². The van der Waals surface area contributed by atoms with Gasteiger partial charge in [0.2, 0.25) is 5.91 Å². The number of carbonyl (C=O) groups is 1. The zero-order valence-electron chi connectivity index (χ0n) is 11.7. The predicted molar refractivity (Wildman–Crippen MR) is 87.6 cm³/mol. The average Bonchev–Trinajstić information content (AvgIpc) is 3.03. The van der Waals surface area contributed by atoms with Crippen molar-refractivity contribution >= 4 is 45.7 Å². The first-order valence-corrected chi connectivity index (χ1v) is 7.36. The van der Waals surface area contributed by atoms with Crippen molar-refractivity contribution in [1.82, 2.24) is 8.75 Å². The van der Waals surface area contributed by atoms with Gasteiger partial charge in [0.15, 0.2) is 0 Å². The van der Waals surface area contributed by atoms with E-state index in [1.807, 2.05) is 6.07 Å². The highest BCUT2D eigenvalue weighted by molar-refractivity contribution is 7.00. The van der Waals surface area contributed by atoms with E-state index in [-0.39, 0.29) is 18.1 Å². The SMILES string of the molecule is O=C(CNc1cccc([N+](=O)[O-])c1)Nc1cccc2nsnc12. The van der Waals surface area contributed by atoms with Crippen LogP contribution < -0.4 is 10.6 Å². The van der Waals surface area contributed by atoms with E-state index in [9.17, 15) is 14.9 Å². The fraction of sp³-hybridized carbons (Fsp3) is 0.0714. The zero-order chi connectivity index (χ0) is 16.2. The molecule has 116 valence electrons. The van der Waals surface area contributed by atoms with Crippen LogP contribution >= 0.6 is 11.7 Å². The fourth-order valence-corrected chi connectivity index (χ4v) is 2.56. The molecule has 0 atom stereocenters. The number of hydrogen-bond acceptors (Lipinski definition) is 7. The standard InChI is InChI=1S/C14H11N5O3S/c20-13(8-15-9-3-1-4-10(7-9)19(21)22)16-11-5-2-6-12-14(11)18-23-17-12/h1-7,15H,8H2,(H,16,20). The van der Waals surface area contributed by atoms with Crippen molar-refractivity contribution in [1.29, 1.82) is 0 Å². The molecule has 8 nitrogen and oxygen atoms in total. The van der Waals surface area contributed by atoms with Gasteiger partial charge in [-0.1, -0.05) is 12.1 Å². The molecule has 0 aliphatic heterocycles. The highest BCUT2D eigenvalue weighted by atomic mass is 32.1. The number of benzene rings is 2. The molecular weight excluding hydrogens is 318 g/mol. The van der Waals surface area contributed by atoms with Crippen LogP contribution in [0.2, 0.25) is 0 Å². The number of rotatable bonds is 5. The molecule has 0 saturated heterocycles. The highest BCUT2D eigenvalue weighted by Crippen LogP contribution is 2.21. The summed E-state index contributed by atoms with van der Waals surface area (Å²) in [7, 11) is 0. The number of nitro groups is 1. The number of fused-ring (bicyclic) bond motifs is 1. The maximum absolute atomic E-state index is 12.0. The lowest BCUT2D eigenvalue weighted by Gasteiger charge is -2.08. The van der Waals surface area contributed by atoms with Crippen LogP contribution in [0.25, 0.3) is 11.0 Å². The van der Waals surface area contributed by atoms with Crippen molar-refractivity contribution in [3.63, 3.8) is 0 Å². The quantitative estimate of drug-likeness (QED) is 0.550. The molecule has 3 aromatic rings. The van der Waals surface area contributed by atoms with Gasteiger partial charge in [-0.05, 0) is 18.2 Å². The van der Waals surface area contributed by atoms with Gasteiger partial charge >= 0.3 is 0 Å². The third-order valence-electron chi connectivity index (χ3n) is 3.07. The normalized spacial score (nSPS) is 10.4. The first kappa shape index (κ1) is 14.9. The second-order valence-electron chi connectivity index (χ2n) is 4.65. The van der Waals surface area contributed by atoms with Crippen molar-refractivity contribution in [2.24, 2.45) is 0 Å². The molecule has 0 fully saturated rings. The minimum Gasteiger partial charge on any atom is -0.376 e. The number of hydrogen-bond donors (Lipinski definition) is 2. The van der Waals surface area contributed by atoms with Gasteiger partial charge in [-0.25, -0.2) is 0 Å². The lowest BCUT2D eigenvalue weighted by Crippen LogP contribution is -2.21. The Morgan fingerprint density at radius 2 is 2.04 bits per heavy atom. The monoisotopic (exact) mass is 329 g/mol. The van der Waals surface area contributed by atoms with E-state index >= 15 is 0 Å². The molecule has 1 aromatic heterocycles. The van der Waals surface area contributed by atoms with Gasteiger partial charge in [0, 0.05) is 17.8 Å². The molecule has 1 amide bonds. The predicted octanol–water partition coefficient (Wildman–Crippen LogP) is 2.65. The van der Waals surface area contributed by atoms with Crippen molar-refractivity contribution in [3.8, 4) is 0 Å². The molecule has 2 aromatic carbocycles. The van der Waals surface area contributed by atoms with E-state index in [1.165, 1.54) is 12.1 Å². The Hall–Kier alpha value is -3.07. The topological polar surface area (TPSA) is 110 Å². The number of nitro benzene ring substituents is 1. The van der Waals surface area contributed by atoms with Crippen LogP contribution in [0, 0.1) is 10.1 Å². The largest absolute Gasteiger partial charge is 0.376 e. The van der Waals surface area contributed by atoms with Crippen molar-refractivity contribution < 1.29 is 9.72 Å². The average molecular weight is 329 g/mol. The molecule has 0 aliphatic rings. The van der Waals surface area contributed by atoms with Crippen LogP contribution in [0.1, 0.15) is 0 Å². The van der Waals surface area contributed by atoms with Gasteiger partial charge in [-0.15, -0.1) is 0 Å².